The first-order chi connectivity index (χ1) is 10.2. The van der Waals surface area contributed by atoms with Crippen LogP contribution in [-0.4, -0.2) is 32.1 Å². The molecule has 0 unspecified atom stereocenters. The Morgan fingerprint density at radius 2 is 2.29 bits per heavy atom. The van der Waals surface area contributed by atoms with Gasteiger partial charge < -0.3 is 15.0 Å². The number of nitrogens with zero attached hydrogens (tertiary/aromatic N) is 2. The van der Waals surface area contributed by atoms with E-state index in [4.69, 9.17) is 10.00 Å². The topological polar surface area (TPSA) is 82.4 Å². The van der Waals surface area contributed by atoms with Crippen LogP contribution in [0.25, 0.3) is 0 Å². The number of amides is 2. The molecule has 6 nitrogen and oxygen atoms in total. The van der Waals surface area contributed by atoms with Gasteiger partial charge in [0.2, 0.25) is 5.91 Å². The molecule has 0 atom stereocenters. The second-order valence-electron chi connectivity index (χ2n) is 4.81. The van der Waals surface area contributed by atoms with Crippen LogP contribution in [0, 0.1) is 11.3 Å². The number of nitrogens with one attached hydrogen (secondary N) is 1. The van der Waals surface area contributed by atoms with Crippen molar-refractivity contribution >= 4 is 23.2 Å². The van der Waals surface area contributed by atoms with Gasteiger partial charge in [-0.1, -0.05) is 6.07 Å². The molecule has 1 N–H and O–H groups in total. The van der Waals surface area contributed by atoms with Crippen molar-refractivity contribution in [2.75, 3.05) is 30.5 Å². The summed E-state index contributed by atoms with van der Waals surface area (Å²) in [5.74, 6) is -0.457. The number of aryl methyl sites for hydroxylation is 1. The summed E-state index contributed by atoms with van der Waals surface area (Å²) in [6, 6.07) is 7.27. The van der Waals surface area contributed by atoms with Gasteiger partial charge in [-0.2, -0.15) is 5.26 Å². The minimum absolute atomic E-state index is 0.0322. The third-order valence-electron chi connectivity index (χ3n) is 3.30. The van der Waals surface area contributed by atoms with Crippen molar-refractivity contribution in [3.8, 4) is 6.07 Å². The number of ether oxygens (including phenoxy) is 1. The molecule has 0 aromatic heterocycles. The first kappa shape index (κ1) is 15.0. The van der Waals surface area contributed by atoms with Crippen molar-refractivity contribution in [1.82, 2.24) is 0 Å². The van der Waals surface area contributed by atoms with E-state index >= 15 is 0 Å². The highest BCUT2D eigenvalue weighted by Gasteiger charge is 2.22. The Balaban J connectivity index is 2.23. The largest absolute Gasteiger partial charge is 0.375 e. The normalized spacial score (nSPS) is 13.2. The molecule has 1 aromatic rings. The predicted molar refractivity (Wildman–Crippen MR) is 77.9 cm³/mol. The highest BCUT2D eigenvalue weighted by atomic mass is 16.5. The minimum Gasteiger partial charge on any atom is -0.375 e. The van der Waals surface area contributed by atoms with E-state index in [1.54, 1.807) is 23.1 Å². The van der Waals surface area contributed by atoms with Crippen LogP contribution in [0.3, 0.4) is 0 Å². The molecule has 1 aromatic carbocycles. The molecule has 1 aliphatic heterocycles. The number of hydrogen-bond donors (Lipinski definition) is 1. The number of rotatable bonds is 4. The van der Waals surface area contributed by atoms with Gasteiger partial charge in [-0.25, -0.2) is 0 Å². The van der Waals surface area contributed by atoms with Crippen LogP contribution in [-0.2, 0) is 20.7 Å². The van der Waals surface area contributed by atoms with E-state index in [0.29, 0.717) is 12.2 Å². The lowest BCUT2D eigenvalue weighted by Crippen LogP contribution is -2.37. The monoisotopic (exact) mass is 287 g/mol. The van der Waals surface area contributed by atoms with Crippen molar-refractivity contribution in [2.45, 2.75) is 19.3 Å². The second-order valence-corrected chi connectivity index (χ2v) is 4.81. The molecule has 21 heavy (non-hydrogen) atoms. The number of benzene rings is 1. The SMILES string of the molecule is COCC(=O)N1CCCc2ccc(NC(=O)CC#N)cc21. The smallest absolute Gasteiger partial charge is 0.252 e. The van der Waals surface area contributed by atoms with E-state index < -0.39 is 0 Å². The lowest BCUT2D eigenvalue weighted by Gasteiger charge is -2.29. The Hall–Kier alpha value is -2.39. The lowest BCUT2D eigenvalue weighted by atomic mass is 10.0. The summed E-state index contributed by atoms with van der Waals surface area (Å²) in [7, 11) is 1.49. The minimum atomic E-state index is -0.358. The van der Waals surface area contributed by atoms with Crippen molar-refractivity contribution in [3.63, 3.8) is 0 Å². The molecule has 0 bridgehead atoms. The summed E-state index contributed by atoms with van der Waals surface area (Å²) in [6.07, 6.45) is 1.62. The molecular formula is C15H17N3O3. The quantitative estimate of drug-likeness (QED) is 0.909. The molecule has 1 aliphatic rings. The maximum absolute atomic E-state index is 12.1. The molecule has 0 fully saturated rings. The molecule has 1 heterocycles. The van der Waals surface area contributed by atoms with Crippen molar-refractivity contribution < 1.29 is 14.3 Å². The van der Waals surface area contributed by atoms with E-state index in [1.807, 2.05) is 6.07 Å². The van der Waals surface area contributed by atoms with Gasteiger partial charge in [-0.3, -0.25) is 9.59 Å². The predicted octanol–water partition coefficient (Wildman–Crippen LogP) is 1.46. The van der Waals surface area contributed by atoms with Gasteiger partial charge in [0.1, 0.15) is 13.0 Å². The van der Waals surface area contributed by atoms with Crippen LogP contribution in [0.15, 0.2) is 18.2 Å². The average Bonchev–Trinajstić information content (AvgIpc) is 2.47. The molecule has 110 valence electrons. The fourth-order valence-electron chi connectivity index (χ4n) is 2.39. The Morgan fingerprint density at radius 1 is 1.48 bits per heavy atom. The second kappa shape index (κ2) is 6.86. The van der Waals surface area contributed by atoms with Crippen molar-refractivity contribution in [3.05, 3.63) is 23.8 Å². The molecule has 0 saturated carbocycles. The average molecular weight is 287 g/mol. The summed E-state index contributed by atoms with van der Waals surface area (Å²) >= 11 is 0. The molecule has 0 aliphatic carbocycles. The van der Waals surface area contributed by atoms with Gasteiger partial charge in [0, 0.05) is 25.0 Å². The van der Waals surface area contributed by atoms with Crippen LogP contribution in [0.5, 0.6) is 0 Å². The van der Waals surface area contributed by atoms with Gasteiger partial charge in [-0.15, -0.1) is 0 Å². The molecule has 2 rings (SSSR count). The third kappa shape index (κ3) is 3.58. The van der Waals surface area contributed by atoms with Gasteiger partial charge in [0.15, 0.2) is 0 Å². The number of anilines is 2. The number of carbonyl (C=O) groups excluding carboxylic acids is 2. The highest BCUT2D eigenvalue weighted by molar-refractivity contribution is 5.97. The van der Waals surface area contributed by atoms with E-state index in [1.165, 1.54) is 7.11 Å². The van der Waals surface area contributed by atoms with E-state index in [2.05, 4.69) is 5.32 Å². The first-order valence-electron chi connectivity index (χ1n) is 6.74. The molecular weight excluding hydrogens is 270 g/mol. The zero-order valence-corrected chi connectivity index (χ0v) is 11.9. The first-order valence-corrected chi connectivity index (χ1v) is 6.74. The van der Waals surface area contributed by atoms with Crippen molar-refractivity contribution in [2.24, 2.45) is 0 Å². The number of methoxy groups -OCH3 is 1. The fourth-order valence-corrected chi connectivity index (χ4v) is 2.39. The molecule has 0 spiro atoms. The molecule has 6 heteroatoms. The van der Waals surface area contributed by atoms with Crippen LogP contribution >= 0.6 is 0 Å². The van der Waals surface area contributed by atoms with Crippen LogP contribution in [0.1, 0.15) is 18.4 Å². The summed E-state index contributed by atoms with van der Waals surface area (Å²) in [5.41, 5.74) is 2.47. The zero-order chi connectivity index (χ0) is 15.2. The van der Waals surface area contributed by atoms with Gasteiger partial charge in [-0.05, 0) is 30.5 Å². The third-order valence-corrected chi connectivity index (χ3v) is 3.30. The number of hydrogen-bond acceptors (Lipinski definition) is 4. The Bertz CT molecular complexity index is 592. The standard InChI is InChI=1S/C15H17N3O3/c1-21-10-15(20)18-8-2-3-11-4-5-12(9-13(11)18)17-14(19)6-7-16/h4-5,9H,2-3,6,8,10H2,1H3,(H,17,19). The Kier molecular flexibility index (Phi) is 4.90. The summed E-state index contributed by atoms with van der Waals surface area (Å²) < 4.78 is 4.90. The fraction of sp³-hybridized carbons (Fsp3) is 0.400. The Morgan fingerprint density at radius 3 is 3.00 bits per heavy atom. The summed E-state index contributed by atoms with van der Waals surface area (Å²) in [4.78, 5) is 25.2. The summed E-state index contributed by atoms with van der Waals surface area (Å²) in [5, 5.41) is 11.2. The van der Waals surface area contributed by atoms with E-state index in [9.17, 15) is 9.59 Å². The lowest BCUT2D eigenvalue weighted by molar-refractivity contribution is -0.122. The van der Waals surface area contributed by atoms with Crippen molar-refractivity contribution in [1.29, 1.82) is 5.26 Å². The van der Waals surface area contributed by atoms with Gasteiger partial charge in [0.25, 0.3) is 5.91 Å². The van der Waals surface area contributed by atoms with Gasteiger partial charge >= 0.3 is 0 Å². The molecule has 0 saturated heterocycles. The van der Waals surface area contributed by atoms with E-state index in [-0.39, 0.29) is 24.8 Å². The van der Waals surface area contributed by atoms with Gasteiger partial charge in [0.05, 0.1) is 6.07 Å². The molecule has 2 amide bonds. The summed E-state index contributed by atoms with van der Waals surface area (Å²) in [6.45, 7) is 0.676. The van der Waals surface area contributed by atoms with Crippen LogP contribution in [0.2, 0.25) is 0 Å². The Labute approximate surface area is 123 Å². The van der Waals surface area contributed by atoms with Crippen LogP contribution < -0.4 is 10.2 Å². The molecule has 0 radical (unpaired) electrons. The maximum atomic E-state index is 12.1. The number of carbonyl (C=O) groups is 2. The van der Waals surface area contributed by atoms with E-state index in [0.717, 1.165) is 24.1 Å². The number of nitriles is 1. The zero-order valence-electron chi connectivity index (χ0n) is 11.9. The highest BCUT2D eigenvalue weighted by Crippen LogP contribution is 2.30. The van der Waals surface area contributed by atoms with Crippen LogP contribution in [0.4, 0.5) is 11.4 Å². The maximum Gasteiger partial charge on any atom is 0.252 e. The number of fused-ring (bicyclic) bond motifs is 1.